The van der Waals surface area contributed by atoms with Crippen LogP contribution in [0.3, 0.4) is 0 Å². The SMILES string of the molecule is Cc1cc(-c2nc3ccccc3s2)ccc1NC(=S)NC(=O)c1cc(Cl)ccc1Cl. The van der Waals surface area contributed by atoms with E-state index in [0.29, 0.717) is 10.0 Å². The summed E-state index contributed by atoms with van der Waals surface area (Å²) < 4.78 is 1.15. The predicted molar refractivity (Wildman–Crippen MR) is 130 cm³/mol. The number of anilines is 1. The van der Waals surface area contributed by atoms with E-state index in [4.69, 9.17) is 40.4 Å². The van der Waals surface area contributed by atoms with E-state index in [0.717, 1.165) is 32.0 Å². The standard InChI is InChI=1S/C22H15Cl2N3OS2/c1-12-10-13(21-25-18-4-2-3-5-19(18)30-21)6-9-17(12)26-22(29)27-20(28)15-11-14(23)7-8-16(15)24/h2-11H,1H3,(H2,26,27,28,29). The van der Waals surface area contributed by atoms with Crippen LogP contribution in [-0.2, 0) is 0 Å². The minimum absolute atomic E-state index is 0.173. The second kappa shape index (κ2) is 8.70. The lowest BCUT2D eigenvalue weighted by atomic mass is 10.1. The van der Waals surface area contributed by atoms with Crippen LogP contribution in [0.2, 0.25) is 10.0 Å². The van der Waals surface area contributed by atoms with Gasteiger partial charge in [-0.3, -0.25) is 10.1 Å². The molecule has 0 bridgehead atoms. The summed E-state index contributed by atoms with van der Waals surface area (Å²) >= 11 is 19.0. The molecule has 0 spiro atoms. The number of benzene rings is 3. The molecule has 0 aliphatic heterocycles. The topological polar surface area (TPSA) is 54.0 Å². The number of amides is 1. The third-order valence-corrected chi connectivity index (χ3v) is 6.27. The van der Waals surface area contributed by atoms with Gasteiger partial charge >= 0.3 is 0 Å². The Kier molecular flexibility index (Phi) is 6.01. The van der Waals surface area contributed by atoms with Crippen molar-refractivity contribution in [3.63, 3.8) is 0 Å². The van der Waals surface area contributed by atoms with Crippen molar-refractivity contribution >= 4 is 73.7 Å². The molecule has 0 fully saturated rings. The van der Waals surface area contributed by atoms with Gasteiger partial charge in [0.1, 0.15) is 5.01 Å². The Labute approximate surface area is 192 Å². The average molecular weight is 472 g/mol. The molecule has 0 saturated carbocycles. The first-order valence-electron chi connectivity index (χ1n) is 8.95. The number of nitrogens with one attached hydrogen (secondary N) is 2. The molecule has 4 aromatic rings. The Morgan fingerprint density at radius 1 is 1.07 bits per heavy atom. The number of carbonyl (C=O) groups is 1. The van der Waals surface area contributed by atoms with Gasteiger partial charge in [0.2, 0.25) is 0 Å². The van der Waals surface area contributed by atoms with Gasteiger partial charge in [-0.1, -0.05) is 35.3 Å². The van der Waals surface area contributed by atoms with Crippen molar-refractivity contribution in [3.8, 4) is 10.6 Å². The van der Waals surface area contributed by atoms with E-state index in [1.807, 2.05) is 43.3 Å². The Bertz CT molecular complexity index is 1250. The van der Waals surface area contributed by atoms with Crippen molar-refractivity contribution in [2.45, 2.75) is 6.92 Å². The summed E-state index contributed by atoms with van der Waals surface area (Å²) in [4.78, 5) is 17.1. The van der Waals surface area contributed by atoms with Gasteiger partial charge in [0.05, 0.1) is 20.8 Å². The van der Waals surface area contributed by atoms with Crippen molar-refractivity contribution in [2.75, 3.05) is 5.32 Å². The fourth-order valence-electron chi connectivity index (χ4n) is 2.93. The van der Waals surface area contributed by atoms with Gasteiger partial charge in [-0.05, 0) is 73.2 Å². The highest BCUT2D eigenvalue weighted by Crippen LogP contribution is 2.32. The van der Waals surface area contributed by atoms with Crippen LogP contribution in [0.1, 0.15) is 15.9 Å². The summed E-state index contributed by atoms with van der Waals surface area (Å²) in [5.41, 5.74) is 4.04. The highest BCUT2D eigenvalue weighted by molar-refractivity contribution is 7.80. The van der Waals surface area contributed by atoms with E-state index >= 15 is 0 Å². The van der Waals surface area contributed by atoms with E-state index in [9.17, 15) is 4.79 Å². The summed E-state index contributed by atoms with van der Waals surface area (Å²) in [5.74, 6) is -0.427. The molecule has 1 aromatic heterocycles. The van der Waals surface area contributed by atoms with Crippen LogP contribution >= 0.6 is 46.8 Å². The quantitative estimate of drug-likeness (QED) is 0.326. The number of hydrogen-bond donors (Lipinski definition) is 2. The van der Waals surface area contributed by atoms with Crippen LogP contribution in [0.15, 0.2) is 60.7 Å². The van der Waals surface area contributed by atoms with E-state index in [1.54, 1.807) is 23.5 Å². The molecular weight excluding hydrogens is 457 g/mol. The van der Waals surface area contributed by atoms with Crippen LogP contribution in [-0.4, -0.2) is 16.0 Å². The Morgan fingerprint density at radius 3 is 2.63 bits per heavy atom. The van der Waals surface area contributed by atoms with Gasteiger partial charge in [-0.15, -0.1) is 11.3 Å². The van der Waals surface area contributed by atoms with Crippen LogP contribution in [0, 0.1) is 6.92 Å². The molecule has 3 aromatic carbocycles. The van der Waals surface area contributed by atoms with Crippen LogP contribution < -0.4 is 10.6 Å². The van der Waals surface area contributed by atoms with Crippen LogP contribution in [0.4, 0.5) is 5.69 Å². The summed E-state index contributed by atoms with van der Waals surface area (Å²) in [6.07, 6.45) is 0. The predicted octanol–water partition coefficient (Wildman–Crippen LogP) is 6.71. The highest BCUT2D eigenvalue weighted by atomic mass is 35.5. The molecule has 0 aliphatic rings. The Morgan fingerprint density at radius 2 is 1.87 bits per heavy atom. The molecule has 1 heterocycles. The number of aryl methyl sites for hydroxylation is 1. The molecule has 30 heavy (non-hydrogen) atoms. The van der Waals surface area contributed by atoms with E-state index < -0.39 is 5.91 Å². The third-order valence-electron chi connectivity index (χ3n) is 4.42. The Hall–Kier alpha value is -2.51. The van der Waals surface area contributed by atoms with Gasteiger partial charge in [0.25, 0.3) is 5.91 Å². The number of fused-ring (bicyclic) bond motifs is 1. The number of hydrogen-bond acceptors (Lipinski definition) is 4. The first kappa shape index (κ1) is 20.8. The molecule has 0 aliphatic carbocycles. The summed E-state index contributed by atoms with van der Waals surface area (Å²) in [6.45, 7) is 1.97. The molecular formula is C22H15Cl2N3OS2. The van der Waals surface area contributed by atoms with Gasteiger partial charge in [-0.25, -0.2) is 4.98 Å². The lowest BCUT2D eigenvalue weighted by Gasteiger charge is -2.13. The number of nitrogens with zero attached hydrogens (tertiary/aromatic N) is 1. The van der Waals surface area contributed by atoms with Crippen molar-refractivity contribution in [2.24, 2.45) is 0 Å². The Balaban J connectivity index is 1.48. The normalized spacial score (nSPS) is 10.8. The van der Waals surface area contributed by atoms with Crippen molar-refractivity contribution in [1.82, 2.24) is 10.3 Å². The molecule has 0 unspecified atom stereocenters. The maximum absolute atomic E-state index is 12.4. The molecule has 2 N–H and O–H groups in total. The average Bonchev–Trinajstić information content (AvgIpc) is 3.15. The lowest BCUT2D eigenvalue weighted by Crippen LogP contribution is -2.34. The lowest BCUT2D eigenvalue weighted by molar-refractivity contribution is 0.0978. The molecule has 8 heteroatoms. The van der Waals surface area contributed by atoms with Gasteiger partial charge in [0, 0.05) is 16.3 Å². The minimum Gasteiger partial charge on any atom is -0.332 e. The third kappa shape index (κ3) is 4.47. The second-order valence-electron chi connectivity index (χ2n) is 6.55. The number of halogens is 2. The largest absolute Gasteiger partial charge is 0.332 e. The monoisotopic (exact) mass is 471 g/mol. The molecule has 0 saturated heterocycles. The van der Waals surface area contributed by atoms with Crippen LogP contribution in [0.25, 0.3) is 20.8 Å². The zero-order valence-corrected chi connectivity index (χ0v) is 18.8. The van der Waals surface area contributed by atoms with Gasteiger partial charge in [-0.2, -0.15) is 0 Å². The smallest absolute Gasteiger partial charge is 0.258 e. The number of thiocarbonyl (C=S) groups is 1. The van der Waals surface area contributed by atoms with Crippen LogP contribution in [0.5, 0.6) is 0 Å². The minimum atomic E-state index is -0.427. The fraction of sp³-hybridized carbons (Fsp3) is 0.0455. The van der Waals surface area contributed by atoms with Gasteiger partial charge < -0.3 is 5.32 Å². The summed E-state index contributed by atoms with van der Waals surface area (Å²) in [7, 11) is 0. The first-order valence-corrected chi connectivity index (χ1v) is 10.9. The number of para-hydroxylation sites is 1. The molecule has 0 radical (unpaired) electrons. The second-order valence-corrected chi connectivity index (χ2v) is 8.83. The molecule has 1 amide bonds. The molecule has 4 nitrogen and oxygen atoms in total. The molecule has 4 rings (SSSR count). The number of aromatic nitrogens is 1. The maximum atomic E-state index is 12.4. The van der Waals surface area contributed by atoms with Crippen molar-refractivity contribution in [1.29, 1.82) is 0 Å². The maximum Gasteiger partial charge on any atom is 0.258 e. The van der Waals surface area contributed by atoms with E-state index in [1.165, 1.54) is 6.07 Å². The van der Waals surface area contributed by atoms with E-state index in [2.05, 4.69) is 16.7 Å². The number of carbonyl (C=O) groups excluding carboxylic acids is 1. The zero-order chi connectivity index (χ0) is 21.3. The molecule has 0 atom stereocenters. The van der Waals surface area contributed by atoms with E-state index in [-0.39, 0.29) is 10.7 Å². The summed E-state index contributed by atoms with van der Waals surface area (Å²) in [6, 6.07) is 18.7. The van der Waals surface area contributed by atoms with Crippen molar-refractivity contribution in [3.05, 3.63) is 81.8 Å². The first-order chi connectivity index (χ1) is 14.4. The fourth-order valence-corrected chi connectivity index (χ4v) is 4.47. The highest BCUT2D eigenvalue weighted by Gasteiger charge is 2.14. The summed E-state index contributed by atoms with van der Waals surface area (Å²) in [5, 5.41) is 7.54. The molecule has 150 valence electrons. The van der Waals surface area contributed by atoms with Crippen molar-refractivity contribution < 1.29 is 4.79 Å². The number of rotatable bonds is 3. The van der Waals surface area contributed by atoms with Gasteiger partial charge in [0.15, 0.2) is 5.11 Å². The zero-order valence-electron chi connectivity index (χ0n) is 15.7. The number of thiazole rings is 1.